The van der Waals surface area contributed by atoms with Gasteiger partial charge in [0.25, 0.3) is 0 Å². The average molecular weight is 300 g/mol. The molecule has 7 nitrogen and oxygen atoms in total. The molecule has 1 fully saturated rings. The second kappa shape index (κ2) is 7.28. The molecule has 1 saturated heterocycles. The minimum absolute atomic E-state index is 0.0996. The molecule has 0 aromatic heterocycles. The fraction of sp³-hybridized carbons (Fsp3) is 0.786. The van der Waals surface area contributed by atoms with Crippen molar-refractivity contribution in [3.63, 3.8) is 0 Å². The van der Waals surface area contributed by atoms with Gasteiger partial charge in [0.15, 0.2) is 0 Å². The molecule has 0 aromatic carbocycles. The Hall–Kier alpha value is -1.79. The van der Waals surface area contributed by atoms with E-state index in [4.69, 9.17) is 10.2 Å². The molecule has 0 spiro atoms. The summed E-state index contributed by atoms with van der Waals surface area (Å²) < 4.78 is 0. The van der Waals surface area contributed by atoms with Gasteiger partial charge in [-0.2, -0.15) is 0 Å². The van der Waals surface area contributed by atoms with Gasteiger partial charge in [-0.1, -0.05) is 13.8 Å². The van der Waals surface area contributed by atoms with Crippen LogP contribution in [0.15, 0.2) is 0 Å². The Morgan fingerprint density at radius 3 is 2.24 bits per heavy atom. The van der Waals surface area contributed by atoms with E-state index < -0.39 is 18.0 Å². The molecule has 7 heteroatoms. The number of piperidine rings is 1. The third kappa shape index (κ3) is 6.01. The van der Waals surface area contributed by atoms with Crippen molar-refractivity contribution in [3.8, 4) is 0 Å². The first-order chi connectivity index (χ1) is 9.71. The summed E-state index contributed by atoms with van der Waals surface area (Å²) >= 11 is 0. The first-order valence-electron chi connectivity index (χ1n) is 7.21. The van der Waals surface area contributed by atoms with Crippen LogP contribution in [0.3, 0.4) is 0 Å². The molecule has 0 aromatic rings. The van der Waals surface area contributed by atoms with Crippen molar-refractivity contribution in [2.75, 3.05) is 13.1 Å². The van der Waals surface area contributed by atoms with Crippen molar-refractivity contribution in [1.29, 1.82) is 0 Å². The number of hydrogen-bond acceptors (Lipinski definition) is 3. The van der Waals surface area contributed by atoms with E-state index in [9.17, 15) is 14.4 Å². The highest BCUT2D eigenvalue weighted by molar-refractivity contribution is 5.82. The van der Waals surface area contributed by atoms with Crippen LogP contribution < -0.4 is 5.32 Å². The zero-order valence-corrected chi connectivity index (χ0v) is 12.6. The van der Waals surface area contributed by atoms with Crippen LogP contribution in [0.5, 0.6) is 0 Å². The number of carbonyl (C=O) groups is 3. The Balaban J connectivity index is 2.45. The van der Waals surface area contributed by atoms with Gasteiger partial charge in [-0.05, 0) is 31.1 Å². The van der Waals surface area contributed by atoms with Gasteiger partial charge in [0.1, 0.15) is 6.04 Å². The molecular formula is C14H24N2O5. The van der Waals surface area contributed by atoms with Gasteiger partial charge in [-0.15, -0.1) is 0 Å². The van der Waals surface area contributed by atoms with E-state index >= 15 is 0 Å². The molecule has 0 unspecified atom stereocenters. The molecule has 0 bridgehead atoms. The van der Waals surface area contributed by atoms with Crippen LogP contribution in [-0.2, 0) is 9.59 Å². The number of urea groups is 1. The number of hydrogen-bond donors (Lipinski definition) is 3. The average Bonchev–Trinajstić information content (AvgIpc) is 2.36. The second-order valence-corrected chi connectivity index (χ2v) is 6.28. The lowest BCUT2D eigenvalue weighted by Crippen LogP contribution is -2.51. The highest BCUT2D eigenvalue weighted by Crippen LogP contribution is 2.29. The largest absolute Gasteiger partial charge is 0.481 e. The molecule has 21 heavy (non-hydrogen) atoms. The van der Waals surface area contributed by atoms with Crippen molar-refractivity contribution >= 4 is 18.0 Å². The number of carbonyl (C=O) groups excluding carboxylic acids is 1. The van der Waals surface area contributed by atoms with Crippen LogP contribution in [-0.4, -0.2) is 52.2 Å². The molecule has 1 atom stereocenters. The molecule has 1 rings (SSSR count). The molecule has 120 valence electrons. The van der Waals surface area contributed by atoms with E-state index in [1.807, 2.05) is 0 Å². The Labute approximate surface area is 124 Å². The molecule has 1 aliphatic heterocycles. The maximum atomic E-state index is 12.1. The van der Waals surface area contributed by atoms with Crippen molar-refractivity contribution in [3.05, 3.63) is 0 Å². The molecule has 0 aliphatic carbocycles. The fourth-order valence-electron chi connectivity index (χ4n) is 2.27. The Bertz CT molecular complexity index is 398. The van der Waals surface area contributed by atoms with Crippen molar-refractivity contribution < 1.29 is 24.6 Å². The minimum atomic E-state index is -1.13. The number of likely N-dealkylation sites (tertiary alicyclic amines) is 1. The number of aliphatic carboxylic acids is 2. The van der Waals surface area contributed by atoms with E-state index in [1.165, 1.54) is 0 Å². The van der Waals surface area contributed by atoms with E-state index in [1.54, 1.807) is 4.90 Å². The van der Waals surface area contributed by atoms with Gasteiger partial charge < -0.3 is 20.4 Å². The number of carboxylic acids is 2. The Morgan fingerprint density at radius 2 is 1.76 bits per heavy atom. The standard InChI is InChI=1S/C14H24N2O5/c1-14(2)6-8-16(9-7-14)13(21)15-10(12(19)20)4-3-5-11(17)18/h10H,3-9H2,1-2H3,(H,15,21)(H,17,18)(H,19,20)/t10-/m1/s1. The summed E-state index contributed by atoms with van der Waals surface area (Å²) in [6.07, 6.45) is 2.01. The monoisotopic (exact) mass is 300 g/mol. The molecular weight excluding hydrogens is 276 g/mol. The zero-order valence-electron chi connectivity index (χ0n) is 12.6. The van der Waals surface area contributed by atoms with E-state index in [2.05, 4.69) is 19.2 Å². The lowest BCUT2D eigenvalue weighted by molar-refractivity contribution is -0.140. The maximum Gasteiger partial charge on any atom is 0.326 e. The van der Waals surface area contributed by atoms with Gasteiger partial charge >= 0.3 is 18.0 Å². The summed E-state index contributed by atoms with van der Waals surface area (Å²) in [4.78, 5) is 35.2. The van der Waals surface area contributed by atoms with Gasteiger partial charge in [0.05, 0.1) is 0 Å². The van der Waals surface area contributed by atoms with Crippen LogP contribution >= 0.6 is 0 Å². The first-order valence-corrected chi connectivity index (χ1v) is 7.21. The third-order valence-electron chi connectivity index (χ3n) is 3.88. The predicted molar refractivity (Wildman–Crippen MR) is 76.0 cm³/mol. The number of amides is 2. The molecule has 1 heterocycles. The van der Waals surface area contributed by atoms with Crippen molar-refractivity contribution in [2.45, 2.75) is 52.0 Å². The summed E-state index contributed by atoms with van der Waals surface area (Å²) in [5.74, 6) is -2.10. The van der Waals surface area contributed by atoms with E-state index in [0.717, 1.165) is 12.8 Å². The summed E-state index contributed by atoms with van der Waals surface area (Å²) in [5.41, 5.74) is 0.213. The molecule has 0 radical (unpaired) electrons. The van der Waals surface area contributed by atoms with Crippen LogP contribution in [0.2, 0.25) is 0 Å². The van der Waals surface area contributed by atoms with Gasteiger partial charge in [-0.3, -0.25) is 4.79 Å². The third-order valence-corrected chi connectivity index (χ3v) is 3.88. The second-order valence-electron chi connectivity index (χ2n) is 6.28. The lowest BCUT2D eigenvalue weighted by atomic mass is 9.83. The maximum absolute atomic E-state index is 12.1. The molecule has 2 amide bonds. The van der Waals surface area contributed by atoms with Crippen LogP contribution in [0.25, 0.3) is 0 Å². The van der Waals surface area contributed by atoms with Gasteiger partial charge in [-0.25, -0.2) is 9.59 Å². The first kappa shape index (κ1) is 17.3. The topological polar surface area (TPSA) is 107 Å². The summed E-state index contributed by atoms with van der Waals surface area (Å²) in [5, 5.41) is 20.1. The van der Waals surface area contributed by atoms with Crippen molar-refractivity contribution in [2.24, 2.45) is 5.41 Å². The van der Waals surface area contributed by atoms with Crippen LogP contribution in [0.1, 0.15) is 46.0 Å². The highest BCUT2D eigenvalue weighted by Gasteiger charge is 2.29. The Morgan fingerprint density at radius 1 is 1.19 bits per heavy atom. The Kier molecular flexibility index (Phi) is 5.99. The quantitative estimate of drug-likeness (QED) is 0.689. The normalized spacial score (nSPS) is 18.9. The number of carboxylic acid groups (broad SMARTS) is 2. The molecule has 3 N–H and O–H groups in total. The smallest absolute Gasteiger partial charge is 0.326 e. The predicted octanol–water partition coefficient (Wildman–Crippen LogP) is 1.53. The zero-order chi connectivity index (χ0) is 16.0. The van der Waals surface area contributed by atoms with E-state index in [0.29, 0.717) is 13.1 Å². The van der Waals surface area contributed by atoms with Crippen LogP contribution in [0, 0.1) is 5.41 Å². The number of nitrogens with zero attached hydrogens (tertiary/aromatic N) is 1. The van der Waals surface area contributed by atoms with Crippen molar-refractivity contribution in [1.82, 2.24) is 10.2 Å². The summed E-state index contributed by atoms with van der Waals surface area (Å²) in [6, 6.07) is -1.42. The molecule has 1 aliphatic rings. The van der Waals surface area contributed by atoms with E-state index in [-0.39, 0.29) is 30.7 Å². The summed E-state index contributed by atoms with van der Waals surface area (Å²) in [6.45, 7) is 5.52. The number of rotatable bonds is 6. The molecule has 0 saturated carbocycles. The lowest BCUT2D eigenvalue weighted by Gasteiger charge is -2.37. The minimum Gasteiger partial charge on any atom is -0.481 e. The van der Waals surface area contributed by atoms with Crippen LogP contribution in [0.4, 0.5) is 4.79 Å². The number of nitrogens with one attached hydrogen (secondary N) is 1. The highest BCUT2D eigenvalue weighted by atomic mass is 16.4. The van der Waals surface area contributed by atoms with Gasteiger partial charge in [0, 0.05) is 19.5 Å². The SMILES string of the molecule is CC1(C)CCN(C(=O)N[C@H](CCCC(=O)O)C(=O)O)CC1. The summed E-state index contributed by atoms with van der Waals surface area (Å²) in [7, 11) is 0. The van der Waals surface area contributed by atoms with Gasteiger partial charge in [0.2, 0.25) is 0 Å². The fourth-order valence-corrected chi connectivity index (χ4v) is 2.27.